The number of hydrogen-bond acceptors (Lipinski definition) is 3. The second kappa shape index (κ2) is 8.42. The number of aliphatic hydroxyl groups is 1. The van der Waals surface area contributed by atoms with Crippen LogP contribution in [0, 0.1) is 29.1 Å². The molecule has 3 nitrogen and oxygen atoms in total. The van der Waals surface area contributed by atoms with Gasteiger partial charge in [0.1, 0.15) is 5.60 Å². The number of rotatable bonds is 3. The van der Waals surface area contributed by atoms with Gasteiger partial charge in [-0.15, -0.1) is 5.92 Å². The van der Waals surface area contributed by atoms with E-state index < -0.39 is 5.60 Å². The molecule has 0 amide bonds. The molecule has 4 aliphatic rings. The highest BCUT2D eigenvalue weighted by Crippen LogP contribution is 2.66. The zero-order chi connectivity index (χ0) is 24.3. The standard InChI is InChI=1S/C31H39NO2/c1-6-16-31(34)17-15-28-26-13-9-22-18-24(33)12-14-25(22)29(26)27(19-30(28,31)4)21-7-10-23(11-8-21)32(5)20(2)3/h7-8,10-11,18,20,26-28,34H,9,12-15,17,19H2,1-5H3/t26?,27?,28?,30-,31-/m0/s1. The van der Waals surface area contributed by atoms with Gasteiger partial charge in [0.15, 0.2) is 5.78 Å². The first-order valence-electron chi connectivity index (χ1n) is 13.1. The first-order valence-corrected chi connectivity index (χ1v) is 13.1. The number of benzene rings is 1. The fourth-order valence-corrected chi connectivity index (χ4v) is 7.62. The Morgan fingerprint density at radius 1 is 1.12 bits per heavy atom. The summed E-state index contributed by atoms with van der Waals surface area (Å²) in [4.78, 5) is 14.5. The van der Waals surface area contributed by atoms with Crippen LogP contribution in [-0.2, 0) is 4.79 Å². The molecule has 0 heterocycles. The molecule has 0 aromatic heterocycles. The van der Waals surface area contributed by atoms with Crippen LogP contribution < -0.4 is 4.90 Å². The van der Waals surface area contributed by atoms with E-state index in [-0.39, 0.29) is 17.1 Å². The zero-order valence-corrected chi connectivity index (χ0v) is 21.4. The van der Waals surface area contributed by atoms with Gasteiger partial charge in [-0.3, -0.25) is 4.79 Å². The number of fused-ring (bicyclic) bond motifs is 4. The van der Waals surface area contributed by atoms with Crippen molar-refractivity contribution in [3.63, 3.8) is 0 Å². The lowest BCUT2D eigenvalue weighted by atomic mass is 9.51. The number of ketones is 1. The van der Waals surface area contributed by atoms with Crippen LogP contribution in [0.15, 0.2) is 47.1 Å². The highest BCUT2D eigenvalue weighted by atomic mass is 16.3. The zero-order valence-electron chi connectivity index (χ0n) is 21.4. The molecule has 0 spiro atoms. The Balaban J connectivity index is 1.64. The average Bonchev–Trinajstić information content (AvgIpc) is 3.08. The normalized spacial score (nSPS) is 34.6. The maximum absolute atomic E-state index is 12.2. The molecule has 1 aromatic rings. The molecule has 0 radical (unpaired) electrons. The van der Waals surface area contributed by atoms with Crippen LogP contribution in [0.1, 0.15) is 84.1 Å². The third kappa shape index (κ3) is 3.49. The lowest BCUT2D eigenvalue weighted by Crippen LogP contribution is -2.51. The van der Waals surface area contributed by atoms with E-state index in [2.05, 4.69) is 68.8 Å². The van der Waals surface area contributed by atoms with Crippen LogP contribution in [-0.4, -0.2) is 29.6 Å². The quantitative estimate of drug-likeness (QED) is 0.551. The van der Waals surface area contributed by atoms with Crippen molar-refractivity contribution in [1.82, 2.24) is 0 Å². The van der Waals surface area contributed by atoms with Gasteiger partial charge in [0.25, 0.3) is 0 Å². The molecule has 180 valence electrons. The van der Waals surface area contributed by atoms with Crippen molar-refractivity contribution in [1.29, 1.82) is 0 Å². The summed E-state index contributed by atoms with van der Waals surface area (Å²) < 4.78 is 0. The topological polar surface area (TPSA) is 40.5 Å². The Morgan fingerprint density at radius 2 is 1.85 bits per heavy atom. The van der Waals surface area contributed by atoms with Gasteiger partial charge in [-0.05, 0) is 106 Å². The Bertz CT molecular complexity index is 1110. The maximum Gasteiger partial charge on any atom is 0.156 e. The van der Waals surface area contributed by atoms with Crippen LogP contribution in [0.4, 0.5) is 5.69 Å². The first-order chi connectivity index (χ1) is 16.2. The first kappa shape index (κ1) is 23.4. The molecular formula is C31H39NO2. The molecule has 0 bridgehead atoms. The van der Waals surface area contributed by atoms with Gasteiger partial charge in [-0.1, -0.05) is 30.6 Å². The van der Waals surface area contributed by atoms with Gasteiger partial charge in [0, 0.05) is 36.5 Å². The van der Waals surface area contributed by atoms with Crippen molar-refractivity contribution < 1.29 is 9.90 Å². The monoisotopic (exact) mass is 457 g/mol. The molecule has 0 aliphatic heterocycles. The van der Waals surface area contributed by atoms with Crippen molar-refractivity contribution in [2.75, 3.05) is 11.9 Å². The Labute approximate surface area is 205 Å². The molecule has 5 rings (SSSR count). The second-order valence-electron chi connectivity index (χ2n) is 11.6. The van der Waals surface area contributed by atoms with Crippen molar-refractivity contribution in [3.8, 4) is 11.8 Å². The Morgan fingerprint density at radius 3 is 2.53 bits per heavy atom. The summed E-state index contributed by atoms with van der Waals surface area (Å²) in [5.41, 5.74) is 5.74. The van der Waals surface area contributed by atoms with Crippen molar-refractivity contribution in [3.05, 3.63) is 52.6 Å². The predicted octanol–water partition coefficient (Wildman–Crippen LogP) is 6.19. The molecule has 2 saturated carbocycles. The number of hydrogen-bond donors (Lipinski definition) is 1. The molecular weight excluding hydrogens is 418 g/mol. The lowest BCUT2D eigenvalue weighted by molar-refractivity contribution is -0.114. The highest BCUT2D eigenvalue weighted by Gasteiger charge is 2.62. The smallest absolute Gasteiger partial charge is 0.156 e. The van der Waals surface area contributed by atoms with Gasteiger partial charge in [0.2, 0.25) is 0 Å². The van der Waals surface area contributed by atoms with Gasteiger partial charge in [0.05, 0.1) is 0 Å². The van der Waals surface area contributed by atoms with Crippen LogP contribution in [0.5, 0.6) is 0 Å². The maximum atomic E-state index is 12.2. The summed E-state index contributed by atoms with van der Waals surface area (Å²) >= 11 is 0. The fraction of sp³-hybridized carbons (Fsp3) is 0.581. The summed E-state index contributed by atoms with van der Waals surface area (Å²) in [7, 11) is 2.14. The summed E-state index contributed by atoms with van der Waals surface area (Å²) in [6, 6.07) is 9.56. The number of carbonyl (C=O) groups is 1. The van der Waals surface area contributed by atoms with E-state index in [1.807, 2.05) is 13.0 Å². The van der Waals surface area contributed by atoms with E-state index in [0.29, 0.717) is 24.3 Å². The minimum atomic E-state index is -0.919. The number of carbonyl (C=O) groups excluding carboxylic acids is 1. The second-order valence-corrected chi connectivity index (χ2v) is 11.6. The number of nitrogens with zero attached hydrogens (tertiary/aromatic N) is 1. The van der Waals surface area contributed by atoms with Gasteiger partial charge in [-0.2, -0.15) is 0 Å². The minimum absolute atomic E-state index is 0.228. The molecule has 5 atom stereocenters. The number of anilines is 1. The fourth-order valence-electron chi connectivity index (χ4n) is 7.62. The summed E-state index contributed by atoms with van der Waals surface area (Å²) in [5, 5.41) is 11.8. The molecule has 2 fully saturated rings. The van der Waals surface area contributed by atoms with E-state index in [1.54, 1.807) is 5.57 Å². The van der Waals surface area contributed by atoms with Crippen molar-refractivity contribution in [2.45, 2.75) is 90.2 Å². The molecule has 1 N–H and O–H groups in total. The van der Waals surface area contributed by atoms with E-state index in [1.165, 1.54) is 22.4 Å². The molecule has 34 heavy (non-hydrogen) atoms. The van der Waals surface area contributed by atoms with E-state index >= 15 is 0 Å². The minimum Gasteiger partial charge on any atom is -0.377 e. The summed E-state index contributed by atoms with van der Waals surface area (Å²) in [6.45, 7) is 8.58. The highest BCUT2D eigenvalue weighted by molar-refractivity contribution is 5.93. The largest absolute Gasteiger partial charge is 0.377 e. The molecule has 3 unspecified atom stereocenters. The Hall–Kier alpha value is -2.31. The molecule has 3 heteroatoms. The van der Waals surface area contributed by atoms with Crippen LogP contribution >= 0.6 is 0 Å². The molecule has 4 aliphatic carbocycles. The Kier molecular flexibility index (Phi) is 5.80. The molecule has 0 saturated heterocycles. The van der Waals surface area contributed by atoms with Crippen molar-refractivity contribution >= 4 is 11.5 Å². The van der Waals surface area contributed by atoms with E-state index in [4.69, 9.17) is 0 Å². The van der Waals surface area contributed by atoms with Crippen LogP contribution in [0.2, 0.25) is 0 Å². The van der Waals surface area contributed by atoms with Gasteiger partial charge < -0.3 is 10.0 Å². The van der Waals surface area contributed by atoms with E-state index in [9.17, 15) is 9.90 Å². The third-order valence-corrected chi connectivity index (χ3v) is 9.70. The summed E-state index contributed by atoms with van der Waals surface area (Å²) in [6.07, 6.45) is 8.23. The SMILES string of the molecule is CC#C[C@]1(O)CCC2C3CCC4=CC(=O)CCC4=C3C(c3ccc(N(C)C(C)C)cc3)C[C@@]21C. The van der Waals surface area contributed by atoms with Gasteiger partial charge >= 0.3 is 0 Å². The van der Waals surface area contributed by atoms with Crippen molar-refractivity contribution in [2.24, 2.45) is 17.3 Å². The van der Waals surface area contributed by atoms with Crippen LogP contribution in [0.3, 0.4) is 0 Å². The number of allylic oxidation sites excluding steroid dienone is 4. The van der Waals surface area contributed by atoms with E-state index in [0.717, 1.165) is 38.5 Å². The lowest BCUT2D eigenvalue weighted by Gasteiger charge is -2.53. The average molecular weight is 458 g/mol. The molecule has 1 aromatic carbocycles. The van der Waals surface area contributed by atoms with Crippen LogP contribution in [0.25, 0.3) is 0 Å². The third-order valence-electron chi connectivity index (χ3n) is 9.70. The summed E-state index contributed by atoms with van der Waals surface area (Å²) in [5.74, 6) is 7.77. The predicted molar refractivity (Wildman–Crippen MR) is 139 cm³/mol. The van der Waals surface area contributed by atoms with Gasteiger partial charge in [-0.25, -0.2) is 0 Å².